The van der Waals surface area contributed by atoms with Crippen LogP contribution >= 0.6 is 15.9 Å². The van der Waals surface area contributed by atoms with Crippen LogP contribution in [0.4, 0.5) is 0 Å². The Hall–Kier alpha value is -1.84. The summed E-state index contributed by atoms with van der Waals surface area (Å²) in [5.41, 5.74) is 0. The molecule has 0 radical (unpaired) electrons. The molecule has 2 aromatic rings. The summed E-state index contributed by atoms with van der Waals surface area (Å²) in [6.45, 7) is -0.0450. The molecule has 1 N–H and O–H groups in total. The fourth-order valence-electron chi connectivity index (χ4n) is 1.81. The largest absolute Gasteiger partial charge is 0.481 e. The fourth-order valence-corrected chi connectivity index (χ4v) is 3.51. The van der Waals surface area contributed by atoms with Crippen molar-refractivity contribution in [2.45, 2.75) is 11.3 Å². The third-order valence-electron chi connectivity index (χ3n) is 3.03. The van der Waals surface area contributed by atoms with Crippen LogP contribution in [-0.2, 0) is 26.0 Å². The molecule has 0 atom stereocenters. The second kappa shape index (κ2) is 8.32. The van der Waals surface area contributed by atoms with Crippen molar-refractivity contribution in [1.29, 1.82) is 0 Å². The van der Waals surface area contributed by atoms with Gasteiger partial charge in [-0.25, -0.2) is 17.9 Å². The number of benzene rings is 1. The number of furan rings is 1. The monoisotopic (exact) mass is 417 g/mol. The predicted octanol–water partition coefficient (Wildman–Crippen LogP) is 2.11. The SMILES string of the molecule is COC(=O)COc1ccc(S(=O)(=O)NCCc2ccco2)cc1Br. The van der Waals surface area contributed by atoms with Crippen molar-refractivity contribution in [3.05, 3.63) is 46.8 Å². The number of carbonyl (C=O) groups is 1. The molecule has 0 bridgehead atoms. The molecule has 0 unspecified atom stereocenters. The maximum absolute atomic E-state index is 12.3. The molecule has 7 nitrogen and oxygen atoms in total. The maximum atomic E-state index is 12.3. The number of hydrogen-bond donors (Lipinski definition) is 1. The number of halogens is 1. The van der Waals surface area contributed by atoms with E-state index in [9.17, 15) is 13.2 Å². The normalized spacial score (nSPS) is 11.2. The van der Waals surface area contributed by atoms with Crippen molar-refractivity contribution in [2.24, 2.45) is 0 Å². The van der Waals surface area contributed by atoms with Crippen LogP contribution < -0.4 is 9.46 Å². The van der Waals surface area contributed by atoms with Gasteiger partial charge in [0.1, 0.15) is 11.5 Å². The van der Waals surface area contributed by atoms with Gasteiger partial charge in [0, 0.05) is 13.0 Å². The fraction of sp³-hybridized carbons (Fsp3) is 0.267. The van der Waals surface area contributed by atoms with Crippen molar-refractivity contribution < 1.29 is 27.1 Å². The third kappa shape index (κ3) is 5.08. The quantitative estimate of drug-likeness (QED) is 0.660. The Bertz CT molecular complexity index is 788. The number of hydrogen-bond acceptors (Lipinski definition) is 6. The predicted molar refractivity (Wildman–Crippen MR) is 89.3 cm³/mol. The van der Waals surface area contributed by atoms with E-state index in [2.05, 4.69) is 25.4 Å². The van der Waals surface area contributed by atoms with E-state index in [-0.39, 0.29) is 18.0 Å². The van der Waals surface area contributed by atoms with Crippen molar-refractivity contribution in [3.63, 3.8) is 0 Å². The number of ether oxygens (including phenoxy) is 2. The summed E-state index contributed by atoms with van der Waals surface area (Å²) in [7, 11) is -2.40. The number of rotatable bonds is 8. The van der Waals surface area contributed by atoms with Gasteiger partial charge in [0.05, 0.1) is 22.7 Å². The smallest absolute Gasteiger partial charge is 0.343 e. The number of esters is 1. The number of nitrogens with one attached hydrogen (secondary N) is 1. The summed E-state index contributed by atoms with van der Waals surface area (Å²) >= 11 is 3.23. The van der Waals surface area contributed by atoms with Gasteiger partial charge in [-0.3, -0.25) is 0 Å². The number of carbonyl (C=O) groups excluding carboxylic acids is 1. The highest BCUT2D eigenvalue weighted by Gasteiger charge is 2.16. The lowest BCUT2D eigenvalue weighted by molar-refractivity contribution is -0.142. The molecule has 0 fully saturated rings. The van der Waals surface area contributed by atoms with Crippen molar-refractivity contribution >= 4 is 31.9 Å². The zero-order valence-electron chi connectivity index (χ0n) is 12.8. The van der Waals surface area contributed by atoms with Gasteiger partial charge < -0.3 is 13.9 Å². The molecule has 0 aliphatic rings. The molecule has 0 saturated carbocycles. The average molecular weight is 418 g/mol. The Morgan fingerprint density at radius 2 is 2.12 bits per heavy atom. The molecular formula is C15H16BrNO6S. The molecule has 1 aromatic heterocycles. The molecule has 1 heterocycles. The zero-order chi connectivity index (χ0) is 17.6. The Balaban J connectivity index is 1.99. The lowest BCUT2D eigenvalue weighted by atomic mass is 10.3. The van der Waals surface area contributed by atoms with Gasteiger partial charge in [0.25, 0.3) is 0 Å². The summed E-state index contributed by atoms with van der Waals surface area (Å²) in [6.07, 6.45) is 1.99. The highest BCUT2D eigenvalue weighted by atomic mass is 79.9. The van der Waals surface area contributed by atoms with Crippen LogP contribution in [-0.4, -0.2) is 34.6 Å². The lowest BCUT2D eigenvalue weighted by Gasteiger charge is -2.10. The Kier molecular flexibility index (Phi) is 6.41. The van der Waals surface area contributed by atoms with E-state index in [0.29, 0.717) is 22.4 Å². The molecular weight excluding hydrogens is 402 g/mol. The molecule has 9 heteroatoms. The molecule has 0 amide bonds. The van der Waals surface area contributed by atoms with E-state index in [1.54, 1.807) is 12.1 Å². The summed E-state index contributed by atoms with van der Waals surface area (Å²) in [6, 6.07) is 7.79. The van der Waals surface area contributed by atoms with Crippen molar-refractivity contribution in [2.75, 3.05) is 20.3 Å². The Morgan fingerprint density at radius 3 is 2.75 bits per heavy atom. The topological polar surface area (TPSA) is 94.8 Å². The molecule has 0 aliphatic carbocycles. The first-order valence-electron chi connectivity index (χ1n) is 6.93. The highest BCUT2D eigenvalue weighted by Crippen LogP contribution is 2.27. The summed E-state index contributed by atoms with van der Waals surface area (Å²) < 4.78 is 42.3. The molecule has 2 rings (SSSR count). The van der Waals surface area contributed by atoms with Gasteiger partial charge in [-0.05, 0) is 46.3 Å². The van der Waals surface area contributed by atoms with Crippen LogP contribution in [0.15, 0.2) is 50.4 Å². The molecule has 24 heavy (non-hydrogen) atoms. The van der Waals surface area contributed by atoms with E-state index in [1.807, 2.05) is 0 Å². The van der Waals surface area contributed by atoms with E-state index >= 15 is 0 Å². The minimum Gasteiger partial charge on any atom is -0.481 e. The first kappa shape index (κ1) is 18.5. The third-order valence-corrected chi connectivity index (χ3v) is 5.11. The van der Waals surface area contributed by atoms with Gasteiger partial charge in [-0.2, -0.15) is 0 Å². The van der Waals surface area contributed by atoms with Gasteiger partial charge in [-0.15, -0.1) is 0 Å². The number of sulfonamides is 1. The molecule has 0 aliphatic heterocycles. The van der Waals surface area contributed by atoms with E-state index in [0.717, 1.165) is 0 Å². The Morgan fingerprint density at radius 1 is 1.33 bits per heavy atom. The minimum atomic E-state index is -3.66. The lowest BCUT2D eigenvalue weighted by Crippen LogP contribution is -2.26. The minimum absolute atomic E-state index is 0.0826. The van der Waals surface area contributed by atoms with E-state index < -0.39 is 16.0 Å². The van der Waals surface area contributed by atoms with Gasteiger partial charge >= 0.3 is 5.97 Å². The summed E-state index contributed by atoms with van der Waals surface area (Å²) in [5, 5.41) is 0. The average Bonchev–Trinajstić information content (AvgIpc) is 3.06. The standard InChI is InChI=1S/C15H16BrNO6S/c1-21-15(18)10-23-14-5-4-12(9-13(14)16)24(19,20)17-7-6-11-3-2-8-22-11/h2-5,8-9,17H,6-7,10H2,1H3. The first-order valence-corrected chi connectivity index (χ1v) is 9.21. The van der Waals surface area contributed by atoms with Crippen molar-refractivity contribution in [3.8, 4) is 5.75 Å². The van der Waals surface area contributed by atoms with Crippen LogP contribution in [0.5, 0.6) is 5.75 Å². The van der Waals surface area contributed by atoms with Crippen LogP contribution in [0.3, 0.4) is 0 Å². The second-order valence-corrected chi connectivity index (χ2v) is 7.31. The van der Waals surface area contributed by atoms with Crippen molar-refractivity contribution in [1.82, 2.24) is 4.72 Å². The van der Waals surface area contributed by atoms with E-state index in [1.165, 1.54) is 31.6 Å². The second-order valence-electron chi connectivity index (χ2n) is 4.68. The molecule has 130 valence electrons. The summed E-state index contributed by atoms with van der Waals surface area (Å²) in [4.78, 5) is 11.1. The molecule has 0 spiro atoms. The maximum Gasteiger partial charge on any atom is 0.343 e. The Labute approximate surface area is 148 Å². The van der Waals surface area contributed by atoms with Crippen LogP contribution in [0.2, 0.25) is 0 Å². The molecule has 1 aromatic carbocycles. The van der Waals surface area contributed by atoms with Gasteiger partial charge in [-0.1, -0.05) is 0 Å². The summed E-state index contributed by atoms with van der Waals surface area (Å²) in [5.74, 6) is 0.513. The van der Waals surface area contributed by atoms with Crippen LogP contribution in [0, 0.1) is 0 Å². The molecule has 0 saturated heterocycles. The van der Waals surface area contributed by atoms with E-state index in [4.69, 9.17) is 9.15 Å². The zero-order valence-corrected chi connectivity index (χ0v) is 15.2. The van der Waals surface area contributed by atoms with Gasteiger partial charge in [0.15, 0.2) is 6.61 Å². The highest BCUT2D eigenvalue weighted by molar-refractivity contribution is 9.10. The van der Waals surface area contributed by atoms with Crippen LogP contribution in [0.25, 0.3) is 0 Å². The van der Waals surface area contributed by atoms with Gasteiger partial charge in [0.2, 0.25) is 10.0 Å². The number of methoxy groups -OCH3 is 1. The van der Waals surface area contributed by atoms with Crippen LogP contribution in [0.1, 0.15) is 5.76 Å². The first-order chi connectivity index (χ1) is 11.4.